The van der Waals surface area contributed by atoms with E-state index in [0.717, 1.165) is 24.7 Å². The Kier molecular flexibility index (Phi) is 4.15. The van der Waals surface area contributed by atoms with Crippen LogP contribution < -0.4 is 0 Å². The first-order valence-electron chi connectivity index (χ1n) is 10.3. The van der Waals surface area contributed by atoms with Crippen LogP contribution in [0.5, 0.6) is 0 Å². The topological polar surface area (TPSA) is 68.2 Å². The molecule has 4 aliphatic carbocycles. The Morgan fingerprint density at radius 2 is 1.92 bits per heavy atom. The second-order valence-corrected chi connectivity index (χ2v) is 8.95. The van der Waals surface area contributed by atoms with E-state index in [1.54, 1.807) is 7.11 Å². The van der Waals surface area contributed by atoms with Crippen molar-refractivity contribution in [3.8, 4) is 11.8 Å². The van der Waals surface area contributed by atoms with Gasteiger partial charge in [-0.15, -0.1) is 0 Å². The maximum absolute atomic E-state index is 10.5. The summed E-state index contributed by atoms with van der Waals surface area (Å²) in [6.45, 7) is 1.19. The summed E-state index contributed by atoms with van der Waals surface area (Å²) in [5, 5.41) is 20.9. The fraction of sp³-hybridized carbons (Fsp3) is 0.905. The minimum absolute atomic E-state index is 0.0920. The van der Waals surface area contributed by atoms with Crippen LogP contribution in [-0.4, -0.2) is 54.1 Å². The molecule has 5 rings (SSSR count). The van der Waals surface area contributed by atoms with E-state index < -0.39 is 23.6 Å². The number of rotatable bonds is 3. The maximum atomic E-state index is 10.5. The van der Waals surface area contributed by atoms with E-state index in [4.69, 9.17) is 14.2 Å². The van der Waals surface area contributed by atoms with Gasteiger partial charge in [-0.25, -0.2) is 0 Å². The summed E-state index contributed by atoms with van der Waals surface area (Å²) in [6, 6.07) is 0. The molecular weight excluding hydrogens is 332 g/mol. The van der Waals surface area contributed by atoms with Gasteiger partial charge in [0.15, 0.2) is 5.79 Å². The molecule has 1 heterocycles. The van der Waals surface area contributed by atoms with E-state index in [1.807, 2.05) is 0 Å². The number of hydrogen-bond acceptors (Lipinski definition) is 5. The predicted octanol–water partition coefficient (Wildman–Crippen LogP) is 1.71. The first-order valence-corrected chi connectivity index (χ1v) is 10.3. The highest BCUT2D eigenvalue weighted by atomic mass is 16.8. The zero-order valence-electron chi connectivity index (χ0n) is 15.5. The molecule has 7 atom stereocenters. The molecule has 0 radical (unpaired) electrons. The number of aliphatic hydroxyl groups excluding tert-OH is 2. The molecule has 5 aliphatic rings. The van der Waals surface area contributed by atoms with Crippen molar-refractivity contribution in [2.24, 2.45) is 29.6 Å². The molecule has 144 valence electrons. The van der Waals surface area contributed by atoms with Crippen LogP contribution in [0.1, 0.15) is 44.9 Å². The first kappa shape index (κ1) is 17.5. The van der Waals surface area contributed by atoms with Crippen molar-refractivity contribution in [2.45, 2.75) is 68.5 Å². The van der Waals surface area contributed by atoms with Gasteiger partial charge in [0.05, 0.1) is 25.2 Å². The quantitative estimate of drug-likeness (QED) is 0.748. The zero-order valence-corrected chi connectivity index (χ0v) is 15.5. The van der Waals surface area contributed by atoms with Gasteiger partial charge in [-0.1, -0.05) is 18.3 Å². The Balaban J connectivity index is 1.28. The minimum Gasteiger partial charge on any atom is -0.392 e. The lowest BCUT2D eigenvalue weighted by Gasteiger charge is -2.63. The molecule has 1 spiro atoms. The lowest BCUT2D eigenvalue weighted by molar-refractivity contribution is -0.381. The lowest BCUT2D eigenvalue weighted by Crippen LogP contribution is -2.74. The Labute approximate surface area is 155 Å². The van der Waals surface area contributed by atoms with Gasteiger partial charge in [0.1, 0.15) is 11.7 Å². The van der Waals surface area contributed by atoms with Gasteiger partial charge in [-0.05, 0) is 49.9 Å². The molecule has 4 saturated carbocycles. The van der Waals surface area contributed by atoms with Gasteiger partial charge >= 0.3 is 0 Å². The third-order valence-corrected chi connectivity index (χ3v) is 8.01. The predicted molar refractivity (Wildman–Crippen MR) is 93.9 cm³/mol. The van der Waals surface area contributed by atoms with E-state index in [0.29, 0.717) is 32.0 Å². The summed E-state index contributed by atoms with van der Waals surface area (Å²) in [6.07, 6.45) is 5.82. The van der Waals surface area contributed by atoms with Crippen molar-refractivity contribution in [2.75, 3.05) is 20.3 Å². The standard InChI is InChI=1S/C21H30O5/c1-24-20-8-7-19(23)16(18(20)12-21(20)25-9-10-26-21)6-5-13(22)11-17-14-3-2-4-15(14)17/h13-19,22-23H,2-4,7-12H2,1H3/t13-,14?,15?,16+,17?,18+,19+,20+/m1/s1. The summed E-state index contributed by atoms with van der Waals surface area (Å²) < 4.78 is 17.8. The zero-order chi connectivity index (χ0) is 17.9. The second kappa shape index (κ2) is 6.18. The van der Waals surface area contributed by atoms with Gasteiger partial charge in [0.25, 0.3) is 0 Å². The van der Waals surface area contributed by atoms with Gasteiger partial charge in [0, 0.05) is 19.4 Å². The first-order chi connectivity index (χ1) is 12.6. The van der Waals surface area contributed by atoms with Crippen LogP contribution in [0.25, 0.3) is 0 Å². The van der Waals surface area contributed by atoms with Crippen molar-refractivity contribution < 1.29 is 24.4 Å². The number of methoxy groups -OCH3 is 1. The van der Waals surface area contributed by atoms with Crippen LogP contribution in [-0.2, 0) is 14.2 Å². The SMILES string of the molecule is CO[C@@]12CC[C@H](O)[C@@H](C#C[C@@H](O)CC3C4CCCC43)[C@@H]1CC21OCCO1. The van der Waals surface area contributed by atoms with Gasteiger partial charge in [0.2, 0.25) is 0 Å². The van der Waals surface area contributed by atoms with Crippen molar-refractivity contribution in [1.82, 2.24) is 0 Å². The van der Waals surface area contributed by atoms with Crippen molar-refractivity contribution in [1.29, 1.82) is 0 Å². The molecule has 0 bridgehead atoms. The van der Waals surface area contributed by atoms with E-state index in [9.17, 15) is 10.2 Å². The van der Waals surface area contributed by atoms with Crippen LogP contribution in [0.3, 0.4) is 0 Å². The van der Waals surface area contributed by atoms with E-state index >= 15 is 0 Å². The molecule has 0 aromatic rings. The highest BCUT2D eigenvalue weighted by Gasteiger charge is 2.73. The van der Waals surface area contributed by atoms with Gasteiger partial charge < -0.3 is 24.4 Å². The normalized spacial score (nSPS) is 48.9. The number of hydrogen-bond donors (Lipinski definition) is 2. The van der Waals surface area contributed by atoms with Crippen molar-refractivity contribution in [3.63, 3.8) is 0 Å². The molecule has 0 amide bonds. The molecule has 2 N–H and O–H groups in total. The smallest absolute Gasteiger partial charge is 0.198 e. The summed E-state index contributed by atoms with van der Waals surface area (Å²) in [5.41, 5.74) is -0.513. The average Bonchev–Trinajstić information content (AvgIpc) is 3.07. The Morgan fingerprint density at radius 1 is 1.19 bits per heavy atom. The fourth-order valence-electron chi connectivity index (χ4n) is 6.63. The minimum atomic E-state index is -0.656. The number of fused-ring (bicyclic) bond motifs is 3. The fourth-order valence-corrected chi connectivity index (χ4v) is 6.63. The monoisotopic (exact) mass is 362 g/mol. The highest BCUT2D eigenvalue weighted by Crippen LogP contribution is 2.62. The van der Waals surface area contributed by atoms with Crippen LogP contribution in [0.2, 0.25) is 0 Å². The molecular formula is C21H30O5. The molecule has 26 heavy (non-hydrogen) atoms. The summed E-state index contributed by atoms with van der Waals surface area (Å²) in [4.78, 5) is 0. The largest absolute Gasteiger partial charge is 0.392 e. The van der Waals surface area contributed by atoms with Gasteiger partial charge in [-0.2, -0.15) is 0 Å². The van der Waals surface area contributed by atoms with Crippen molar-refractivity contribution >= 4 is 0 Å². The molecule has 5 fully saturated rings. The maximum Gasteiger partial charge on any atom is 0.198 e. The van der Waals surface area contributed by atoms with Gasteiger partial charge in [-0.3, -0.25) is 0 Å². The Morgan fingerprint density at radius 3 is 2.62 bits per heavy atom. The van der Waals surface area contributed by atoms with E-state index in [1.165, 1.54) is 19.3 Å². The summed E-state index contributed by atoms with van der Waals surface area (Å²) >= 11 is 0. The Hall–Kier alpha value is -0.640. The van der Waals surface area contributed by atoms with Crippen LogP contribution in [0, 0.1) is 41.4 Å². The number of aliphatic hydroxyl groups is 2. The van der Waals surface area contributed by atoms with Crippen LogP contribution >= 0.6 is 0 Å². The lowest BCUT2D eigenvalue weighted by atomic mass is 9.52. The molecule has 5 heteroatoms. The summed E-state index contributed by atoms with van der Waals surface area (Å²) in [7, 11) is 1.71. The molecule has 2 unspecified atom stereocenters. The number of ether oxygens (including phenoxy) is 3. The van der Waals surface area contributed by atoms with Crippen LogP contribution in [0.4, 0.5) is 0 Å². The van der Waals surface area contributed by atoms with Crippen molar-refractivity contribution in [3.05, 3.63) is 0 Å². The summed E-state index contributed by atoms with van der Waals surface area (Å²) in [5.74, 6) is 7.90. The third-order valence-electron chi connectivity index (χ3n) is 8.01. The molecule has 5 nitrogen and oxygen atoms in total. The average molecular weight is 362 g/mol. The highest BCUT2D eigenvalue weighted by molar-refractivity contribution is 5.24. The molecule has 0 aromatic carbocycles. The molecule has 1 aliphatic heterocycles. The van der Waals surface area contributed by atoms with Crippen LogP contribution in [0.15, 0.2) is 0 Å². The third kappa shape index (κ3) is 2.36. The van der Waals surface area contributed by atoms with E-state index in [-0.39, 0.29) is 11.8 Å². The van der Waals surface area contributed by atoms with E-state index in [2.05, 4.69) is 11.8 Å². The molecule has 0 aromatic heterocycles. The Bertz CT molecular complexity index is 608. The second-order valence-electron chi connectivity index (χ2n) is 8.95. The molecule has 1 saturated heterocycles.